The van der Waals surface area contributed by atoms with Gasteiger partial charge in [0.05, 0.1) is 16.3 Å². The highest BCUT2D eigenvalue weighted by Gasteiger charge is 2.22. The van der Waals surface area contributed by atoms with E-state index in [4.69, 9.17) is 29.6 Å². The van der Waals surface area contributed by atoms with Crippen LogP contribution < -0.4 is 16.4 Å². The number of hydrogen-bond acceptors (Lipinski definition) is 5. The Kier molecular flexibility index (Phi) is 6.49. The first kappa shape index (κ1) is 21.9. The van der Waals surface area contributed by atoms with Crippen molar-refractivity contribution < 1.29 is 9.59 Å². The maximum absolute atomic E-state index is 13.1. The molecule has 30 heavy (non-hydrogen) atoms. The van der Waals surface area contributed by atoms with Gasteiger partial charge in [0, 0.05) is 24.9 Å². The number of halogens is 2. The normalized spacial score (nSPS) is 10.5. The minimum Gasteiger partial charge on any atom is -0.389 e. The van der Waals surface area contributed by atoms with E-state index in [9.17, 15) is 9.59 Å². The number of amides is 2. The van der Waals surface area contributed by atoms with Crippen molar-refractivity contribution in [3.05, 3.63) is 68.5 Å². The number of carbonyl (C=O) groups excluding carboxylic acids is 2. The molecule has 0 fully saturated rings. The van der Waals surface area contributed by atoms with E-state index in [1.807, 2.05) is 0 Å². The predicted octanol–water partition coefficient (Wildman–Crippen LogP) is 3.24. The molecule has 0 aliphatic heterocycles. The van der Waals surface area contributed by atoms with Gasteiger partial charge in [0.25, 0.3) is 11.8 Å². The van der Waals surface area contributed by atoms with Crippen LogP contribution in [0.15, 0.2) is 41.1 Å². The highest BCUT2D eigenvalue weighted by molar-refractivity contribution is 9.10. The molecule has 0 atom stereocenters. The van der Waals surface area contributed by atoms with Crippen molar-refractivity contribution in [3.8, 4) is 5.82 Å². The Morgan fingerprint density at radius 3 is 2.63 bits per heavy atom. The smallest absolute Gasteiger partial charge is 0.274 e. The SMILES string of the molecule is CNC(=O)c1cc(C(N)=S)cc(C)c1NC(=O)c1cc(Br)nn1-c1ncccc1Cl. The predicted molar refractivity (Wildman–Crippen MR) is 122 cm³/mol. The largest absolute Gasteiger partial charge is 0.389 e. The van der Waals surface area contributed by atoms with Crippen LogP contribution in [0.4, 0.5) is 5.69 Å². The summed E-state index contributed by atoms with van der Waals surface area (Å²) in [5, 5.41) is 9.91. The molecule has 2 amide bonds. The van der Waals surface area contributed by atoms with Gasteiger partial charge in [-0.2, -0.15) is 5.10 Å². The van der Waals surface area contributed by atoms with E-state index in [1.54, 1.807) is 31.3 Å². The van der Waals surface area contributed by atoms with E-state index in [0.717, 1.165) is 0 Å². The van der Waals surface area contributed by atoms with E-state index in [0.29, 0.717) is 32.3 Å². The molecule has 2 aromatic heterocycles. The third-order valence-electron chi connectivity index (χ3n) is 4.18. The number of hydrogen-bond donors (Lipinski definition) is 3. The molecule has 4 N–H and O–H groups in total. The number of aromatic nitrogens is 3. The number of nitrogens with zero attached hydrogens (tertiary/aromatic N) is 3. The fourth-order valence-electron chi connectivity index (χ4n) is 2.80. The van der Waals surface area contributed by atoms with Crippen LogP contribution in [0.1, 0.15) is 32.0 Å². The van der Waals surface area contributed by atoms with Gasteiger partial charge in [-0.3, -0.25) is 9.59 Å². The molecule has 3 rings (SSSR count). The van der Waals surface area contributed by atoms with Gasteiger partial charge in [0.1, 0.15) is 15.3 Å². The summed E-state index contributed by atoms with van der Waals surface area (Å²) >= 11 is 14.5. The molecule has 0 saturated heterocycles. The Labute approximate surface area is 190 Å². The zero-order chi connectivity index (χ0) is 22.0. The maximum Gasteiger partial charge on any atom is 0.274 e. The van der Waals surface area contributed by atoms with Crippen LogP contribution in [-0.2, 0) is 0 Å². The minimum absolute atomic E-state index is 0.146. The van der Waals surface area contributed by atoms with Gasteiger partial charge >= 0.3 is 0 Å². The summed E-state index contributed by atoms with van der Waals surface area (Å²) in [6, 6.07) is 8.08. The molecule has 3 aromatic rings. The summed E-state index contributed by atoms with van der Waals surface area (Å²) in [5.74, 6) is -0.609. The number of anilines is 1. The third-order valence-corrected chi connectivity index (χ3v) is 5.10. The van der Waals surface area contributed by atoms with Crippen LogP contribution in [0.5, 0.6) is 0 Å². The second-order valence-corrected chi connectivity index (χ2v) is 7.85. The molecule has 0 aliphatic carbocycles. The number of rotatable bonds is 5. The average molecular weight is 508 g/mol. The molecule has 0 bridgehead atoms. The summed E-state index contributed by atoms with van der Waals surface area (Å²) in [5.41, 5.74) is 7.58. The fraction of sp³-hybridized carbons (Fsp3) is 0.105. The van der Waals surface area contributed by atoms with E-state index in [-0.39, 0.29) is 16.2 Å². The van der Waals surface area contributed by atoms with Crippen LogP contribution in [0.3, 0.4) is 0 Å². The van der Waals surface area contributed by atoms with Gasteiger partial charge in [-0.25, -0.2) is 9.67 Å². The van der Waals surface area contributed by atoms with E-state index >= 15 is 0 Å². The number of nitrogens with two attached hydrogens (primary N) is 1. The summed E-state index contributed by atoms with van der Waals surface area (Å²) in [4.78, 5) is 29.9. The van der Waals surface area contributed by atoms with Crippen molar-refractivity contribution in [1.82, 2.24) is 20.1 Å². The number of aryl methyl sites for hydroxylation is 1. The van der Waals surface area contributed by atoms with Gasteiger partial charge in [-0.05, 0) is 52.7 Å². The van der Waals surface area contributed by atoms with Gasteiger partial charge < -0.3 is 16.4 Å². The number of nitrogens with one attached hydrogen (secondary N) is 2. The highest BCUT2D eigenvalue weighted by atomic mass is 79.9. The molecule has 0 unspecified atom stereocenters. The van der Waals surface area contributed by atoms with Crippen molar-refractivity contribution in [1.29, 1.82) is 0 Å². The summed E-state index contributed by atoms with van der Waals surface area (Å²) in [7, 11) is 1.49. The van der Waals surface area contributed by atoms with Gasteiger partial charge in [0.15, 0.2) is 5.82 Å². The molecule has 154 valence electrons. The lowest BCUT2D eigenvalue weighted by Gasteiger charge is -2.15. The number of pyridine rings is 1. The van der Waals surface area contributed by atoms with E-state index in [1.165, 1.54) is 23.9 Å². The molecule has 0 saturated carbocycles. The topological polar surface area (TPSA) is 115 Å². The molecule has 11 heteroatoms. The van der Waals surface area contributed by atoms with Crippen molar-refractivity contribution >= 4 is 62.2 Å². The van der Waals surface area contributed by atoms with Crippen LogP contribution in [0.2, 0.25) is 5.02 Å². The first-order valence-corrected chi connectivity index (χ1v) is 10.1. The number of benzene rings is 1. The lowest BCUT2D eigenvalue weighted by molar-refractivity contribution is 0.0964. The first-order valence-electron chi connectivity index (χ1n) is 8.57. The monoisotopic (exact) mass is 506 g/mol. The lowest BCUT2D eigenvalue weighted by Crippen LogP contribution is -2.24. The third kappa shape index (κ3) is 4.35. The Bertz CT molecular complexity index is 1180. The second kappa shape index (κ2) is 8.90. The minimum atomic E-state index is -0.508. The zero-order valence-electron chi connectivity index (χ0n) is 15.9. The van der Waals surface area contributed by atoms with E-state index < -0.39 is 11.8 Å². The van der Waals surface area contributed by atoms with E-state index in [2.05, 4.69) is 36.6 Å². The number of carbonyl (C=O) groups is 2. The van der Waals surface area contributed by atoms with Crippen LogP contribution in [-0.4, -0.2) is 38.6 Å². The lowest BCUT2D eigenvalue weighted by atomic mass is 10.0. The highest BCUT2D eigenvalue weighted by Crippen LogP contribution is 2.26. The maximum atomic E-state index is 13.1. The molecule has 0 spiro atoms. The molecule has 8 nitrogen and oxygen atoms in total. The second-order valence-electron chi connectivity index (χ2n) is 6.19. The molecule has 2 heterocycles. The average Bonchev–Trinajstić information content (AvgIpc) is 3.10. The summed E-state index contributed by atoms with van der Waals surface area (Å²) in [6.07, 6.45) is 1.54. The molecule has 1 aromatic carbocycles. The number of thiocarbonyl (C=S) groups is 1. The van der Waals surface area contributed by atoms with Crippen LogP contribution >= 0.6 is 39.7 Å². The summed E-state index contributed by atoms with van der Waals surface area (Å²) in [6.45, 7) is 1.74. The molecular weight excluding hydrogens is 492 g/mol. The van der Waals surface area contributed by atoms with Gasteiger partial charge in [0.2, 0.25) is 0 Å². The molecular formula is C19H16BrClN6O2S. The molecule has 0 radical (unpaired) electrons. The van der Waals surface area contributed by atoms with Crippen LogP contribution in [0, 0.1) is 6.92 Å². The Hall–Kier alpha value is -2.82. The fourth-order valence-corrected chi connectivity index (χ4v) is 3.49. The van der Waals surface area contributed by atoms with Crippen molar-refractivity contribution in [2.24, 2.45) is 5.73 Å². The van der Waals surface area contributed by atoms with Crippen molar-refractivity contribution in [2.75, 3.05) is 12.4 Å². The summed E-state index contributed by atoms with van der Waals surface area (Å²) < 4.78 is 1.74. The van der Waals surface area contributed by atoms with Crippen molar-refractivity contribution in [3.63, 3.8) is 0 Å². The molecule has 0 aliphatic rings. The first-order chi connectivity index (χ1) is 14.2. The van der Waals surface area contributed by atoms with Crippen LogP contribution in [0.25, 0.3) is 5.82 Å². The Balaban J connectivity index is 2.07. The van der Waals surface area contributed by atoms with Crippen molar-refractivity contribution in [2.45, 2.75) is 6.92 Å². The van der Waals surface area contributed by atoms with Gasteiger partial charge in [-0.1, -0.05) is 23.8 Å². The zero-order valence-corrected chi connectivity index (χ0v) is 19.0. The standard InChI is InChI=1S/C19H16BrClN6O2S/c1-9-6-10(16(22)30)7-11(18(28)23-2)15(9)25-19(29)13-8-14(20)26-27(13)17-12(21)4-3-5-24-17/h3-8H,1-2H3,(H2,22,30)(H,23,28)(H,25,29). The Morgan fingerprint density at radius 2 is 2.00 bits per heavy atom. The van der Waals surface area contributed by atoms with Gasteiger partial charge in [-0.15, -0.1) is 0 Å². The quantitative estimate of drug-likeness (QED) is 0.457. The Morgan fingerprint density at radius 1 is 1.27 bits per heavy atom.